The normalized spacial score (nSPS) is 10.9. The molecule has 0 amide bonds. The van der Waals surface area contributed by atoms with Gasteiger partial charge in [-0.2, -0.15) is 0 Å². The lowest BCUT2D eigenvalue weighted by atomic mass is 10.1. The van der Waals surface area contributed by atoms with Gasteiger partial charge in [-0.15, -0.1) is 0 Å². The lowest BCUT2D eigenvalue weighted by molar-refractivity contribution is -0.384. The number of nitro benzene ring substituents is 1. The van der Waals surface area contributed by atoms with Crippen molar-refractivity contribution in [1.29, 1.82) is 0 Å². The van der Waals surface area contributed by atoms with Gasteiger partial charge in [0.25, 0.3) is 5.69 Å². The minimum atomic E-state index is -0.418. The van der Waals surface area contributed by atoms with Crippen LogP contribution >= 0.6 is 0 Å². The summed E-state index contributed by atoms with van der Waals surface area (Å²) in [6.07, 6.45) is 0. The molecule has 0 aliphatic rings. The fraction of sp³-hybridized carbons (Fsp3) is 0.286. The maximum Gasteiger partial charge on any atom is 0.269 e. The molecule has 0 saturated heterocycles. The Bertz CT molecular complexity index is 622. The van der Waals surface area contributed by atoms with E-state index in [0.717, 1.165) is 17.1 Å². The fourth-order valence-corrected chi connectivity index (χ4v) is 2.03. The highest BCUT2D eigenvalue weighted by Gasteiger charge is 2.12. The highest BCUT2D eigenvalue weighted by molar-refractivity contribution is 5.52. The summed E-state index contributed by atoms with van der Waals surface area (Å²) < 4.78 is 5.50. The number of nitro groups is 1. The van der Waals surface area contributed by atoms with Crippen molar-refractivity contribution in [2.24, 2.45) is 0 Å². The van der Waals surface area contributed by atoms with Crippen LogP contribution in [0, 0.1) is 17.0 Å². The van der Waals surface area contributed by atoms with Gasteiger partial charge in [0.05, 0.1) is 11.5 Å². The van der Waals surface area contributed by atoms with Gasteiger partial charge in [0.2, 0.25) is 0 Å². The van der Waals surface area contributed by atoms with Crippen LogP contribution in [0.15, 0.2) is 34.7 Å². The maximum atomic E-state index is 10.8. The zero-order valence-electron chi connectivity index (χ0n) is 11.5. The molecule has 1 aromatic heterocycles. The zero-order valence-corrected chi connectivity index (χ0v) is 11.5. The number of nitrogens with zero attached hydrogens (tertiary/aromatic N) is 2. The molecule has 6 nitrogen and oxygen atoms in total. The standard InChI is InChI=1S/C14H17N3O3/c1-10-3-5-13(20-10)9-16(2)8-11-7-12(17(18)19)4-6-14(11)15/h3-7H,8-9,15H2,1-2H3. The Morgan fingerprint density at radius 2 is 2.05 bits per heavy atom. The number of nitrogens with two attached hydrogens (primary N) is 1. The molecule has 2 rings (SSSR count). The van der Waals surface area contributed by atoms with Crippen molar-refractivity contribution in [3.05, 3.63) is 57.5 Å². The quantitative estimate of drug-likeness (QED) is 0.515. The van der Waals surface area contributed by atoms with Gasteiger partial charge < -0.3 is 10.2 Å². The van der Waals surface area contributed by atoms with Crippen LogP contribution in [-0.2, 0) is 13.1 Å². The molecule has 1 heterocycles. The number of aryl methyl sites for hydroxylation is 1. The first-order valence-electron chi connectivity index (χ1n) is 6.22. The van der Waals surface area contributed by atoms with E-state index in [2.05, 4.69) is 0 Å². The number of hydrogen-bond donors (Lipinski definition) is 1. The molecule has 0 spiro atoms. The van der Waals surface area contributed by atoms with E-state index in [0.29, 0.717) is 18.8 Å². The predicted octanol–water partition coefficient (Wildman–Crippen LogP) is 2.71. The van der Waals surface area contributed by atoms with Crippen molar-refractivity contribution in [3.8, 4) is 0 Å². The van der Waals surface area contributed by atoms with Crippen LogP contribution in [0.2, 0.25) is 0 Å². The van der Waals surface area contributed by atoms with E-state index in [9.17, 15) is 10.1 Å². The van der Waals surface area contributed by atoms with Gasteiger partial charge in [-0.3, -0.25) is 15.0 Å². The molecule has 106 valence electrons. The minimum Gasteiger partial charge on any atom is -0.465 e. The Kier molecular flexibility index (Phi) is 4.05. The van der Waals surface area contributed by atoms with Crippen LogP contribution in [0.1, 0.15) is 17.1 Å². The highest BCUT2D eigenvalue weighted by Crippen LogP contribution is 2.21. The Morgan fingerprint density at radius 3 is 2.65 bits per heavy atom. The molecule has 6 heteroatoms. The van der Waals surface area contributed by atoms with E-state index in [-0.39, 0.29) is 5.69 Å². The molecule has 2 N–H and O–H groups in total. The summed E-state index contributed by atoms with van der Waals surface area (Å²) in [5, 5.41) is 10.8. The van der Waals surface area contributed by atoms with Crippen molar-refractivity contribution < 1.29 is 9.34 Å². The summed E-state index contributed by atoms with van der Waals surface area (Å²) in [4.78, 5) is 12.4. The number of hydrogen-bond acceptors (Lipinski definition) is 5. The molecular formula is C14H17N3O3. The van der Waals surface area contributed by atoms with Crippen molar-refractivity contribution in [2.75, 3.05) is 12.8 Å². The van der Waals surface area contributed by atoms with Gasteiger partial charge in [-0.05, 0) is 37.7 Å². The van der Waals surface area contributed by atoms with E-state index in [1.54, 1.807) is 6.07 Å². The SMILES string of the molecule is Cc1ccc(CN(C)Cc2cc([N+](=O)[O-])ccc2N)o1. The molecule has 0 atom stereocenters. The minimum absolute atomic E-state index is 0.0523. The monoisotopic (exact) mass is 275 g/mol. The summed E-state index contributed by atoms with van der Waals surface area (Å²) in [5.74, 6) is 1.72. The first kappa shape index (κ1) is 14.1. The third kappa shape index (κ3) is 3.36. The van der Waals surface area contributed by atoms with Gasteiger partial charge in [0, 0.05) is 24.4 Å². The van der Waals surface area contributed by atoms with Crippen LogP contribution in [0.25, 0.3) is 0 Å². The molecular weight excluding hydrogens is 258 g/mol. The van der Waals surface area contributed by atoms with Gasteiger partial charge >= 0.3 is 0 Å². The van der Waals surface area contributed by atoms with E-state index < -0.39 is 4.92 Å². The third-order valence-electron chi connectivity index (χ3n) is 3.00. The second kappa shape index (κ2) is 5.75. The number of non-ortho nitro benzene ring substituents is 1. The number of furan rings is 1. The predicted molar refractivity (Wildman–Crippen MR) is 76.1 cm³/mol. The van der Waals surface area contributed by atoms with Crippen LogP contribution in [0.3, 0.4) is 0 Å². The average molecular weight is 275 g/mol. The summed E-state index contributed by atoms with van der Waals surface area (Å²) >= 11 is 0. The summed E-state index contributed by atoms with van der Waals surface area (Å²) in [6.45, 7) is 3.03. The molecule has 0 radical (unpaired) electrons. The highest BCUT2D eigenvalue weighted by atomic mass is 16.6. The van der Waals surface area contributed by atoms with E-state index >= 15 is 0 Å². The van der Waals surface area contributed by atoms with Gasteiger partial charge in [-0.1, -0.05) is 0 Å². The smallest absolute Gasteiger partial charge is 0.269 e. The van der Waals surface area contributed by atoms with E-state index in [4.69, 9.17) is 10.2 Å². The molecule has 0 aliphatic carbocycles. The van der Waals surface area contributed by atoms with Crippen molar-refractivity contribution in [2.45, 2.75) is 20.0 Å². The van der Waals surface area contributed by atoms with Crippen molar-refractivity contribution >= 4 is 11.4 Å². The first-order chi connectivity index (χ1) is 9.45. The van der Waals surface area contributed by atoms with Crippen LogP contribution in [-0.4, -0.2) is 16.9 Å². The van der Waals surface area contributed by atoms with Crippen LogP contribution in [0.4, 0.5) is 11.4 Å². The average Bonchev–Trinajstić information content (AvgIpc) is 2.77. The van der Waals surface area contributed by atoms with E-state index in [1.165, 1.54) is 12.1 Å². The molecule has 0 saturated carbocycles. The van der Waals surface area contributed by atoms with Gasteiger partial charge in [0.15, 0.2) is 0 Å². The second-order valence-corrected chi connectivity index (χ2v) is 4.82. The largest absolute Gasteiger partial charge is 0.465 e. The van der Waals surface area contributed by atoms with E-state index in [1.807, 2.05) is 31.0 Å². The fourth-order valence-electron chi connectivity index (χ4n) is 2.03. The second-order valence-electron chi connectivity index (χ2n) is 4.82. The molecule has 0 bridgehead atoms. The molecule has 0 aliphatic heterocycles. The van der Waals surface area contributed by atoms with Crippen LogP contribution < -0.4 is 5.73 Å². The Balaban J connectivity index is 2.08. The Hall–Kier alpha value is -2.34. The third-order valence-corrected chi connectivity index (χ3v) is 3.00. The molecule has 1 aromatic carbocycles. The maximum absolute atomic E-state index is 10.8. The summed E-state index contributed by atoms with van der Waals surface area (Å²) in [5.41, 5.74) is 7.21. The number of rotatable bonds is 5. The molecule has 20 heavy (non-hydrogen) atoms. The van der Waals surface area contributed by atoms with Gasteiger partial charge in [0.1, 0.15) is 11.5 Å². The van der Waals surface area contributed by atoms with Crippen molar-refractivity contribution in [1.82, 2.24) is 4.90 Å². The topological polar surface area (TPSA) is 85.5 Å². The summed E-state index contributed by atoms with van der Waals surface area (Å²) in [6, 6.07) is 8.32. The van der Waals surface area contributed by atoms with Gasteiger partial charge in [-0.25, -0.2) is 0 Å². The summed E-state index contributed by atoms with van der Waals surface area (Å²) in [7, 11) is 1.91. The molecule has 2 aromatic rings. The van der Waals surface area contributed by atoms with Crippen molar-refractivity contribution in [3.63, 3.8) is 0 Å². The zero-order chi connectivity index (χ0) is 14.7. The molecule has 0 fully saturated rings. The molecule has 0 unspecified atom stereocenters. The Labute approximate surface area is 116 Å². The lowest BCUT2D eigenvalue weighted by Gasteiger charge is -2.16. The number of benzene rings is 1. The van der Waals surface area contributed by atoms with Crippen LogP contribution in [0.5, 0.6) is 0 Å². The number of nitrogen functional groups attached to an aromatic ring is 1. The lowest BCUT2D eigenvalue weighted by Crippen LogP contribution is -2.17. The number of anilines is 1. The Morgan fingerprint density at radius 1 is 1.30 bits per heavy atom. The first-order valence-corrected chi connectivity index (χ1v) is 6.22.